The second-order valence-corrected chi connectivity index (χ2v) is 4.37. The Hall–Kier alpha value is -1.99. The summed E-state index contributed by atoms with van der Waals surface area (Å²) in [5.74, 6) is 0. The van der Waals surface area contributed by atoms with Gasteiger partial charge >= 0.3 is 0 Å². The SMILES string of the molecule is [C-]#[N+]c1ccc(-c2nc(CCC=O)cs2)cc1. The third-order valence-electron chi connectivity index (χ3n) is 2.31. The van der Waals surface area contributed by atoms with Gasteiger partial charge in [0.05, 0.1) is 12.3 Å². The molecule has 0 amide bonds. The molecule has 1 heterocycles. The molecule has 0 atom stereocenters. The van der Waals surface area contributed by atoms with Gasteiger partial charge in [-0.3, -0.25) is 0 Å². The highest BCUT2D eigenvalue weighted by Crippen LogP contribution is 2.26. The molecule has 0 fully saturated rings. The molecule has 0 aliphatic heterocycles. The van der Waals surface area contributed by atoms with Crippen molar-refractivity contribution in [2.75, 3.05) is 0 Å². The minimum Gasteiger partial charge on any atom is -0.303 e. The second kappa shape index (κ2) is 5.37. The Balaban J connectivity index is 2.18. The Morgan fingerprint density at radius 1 is 1.35 bits per heavy atom. The summed E-state index contributed by atoms with van der Waals surface area (Å²) in [5, 5.41) is 2.91. The Morgan fingerprint density at radius 2 is 2.12 bits per heavy atom. The summed E-state index contributed by atoms with van der Waals surface area (Å²) >= 11 is 1.56. The van der Waals surface area contributed by atoms with Crippen molar-refractivity contribution in [2.24, 2.45) is 0 Å². The van der Waals surface area contributed by atoms with Gasteiger partial charge in [0.1, 0.15) is 11.3 Å². The molecule has 84 valence electrons. The van der Waals surface area contributed by atoms with Gasteiger partial charge in [-0.25, -0.2) is 9.83 Å². The zero-order chi connectivity index (χ0) is 12.1. The van der Waals surface area contributed by atoms with Gasteiger partial charge in [0.25, 0.3) is 0 Å². The van der Waals surface area contributed by atoms with Gasteiger partial charge < -0.3 is 4.79 Å². The minimum absolute atomic E-state index is 0.514. The molecular formula is C13H10N2OS. The van der Waals surface area contributed by atoms with Gasteiger partial charge in [-0.1, -0.05) is 24.3 Å². The van der Waals surface area contributed by atoms with Crippen LogP contribution in [0.4, 0.5) is 5.69 Å². The average molecular weight is 242 g/mol. The zero-order valence-corrected chi connectivity index (χ0v) is 9.91. The maximum Gasteiger partial charge on any atom is 0.187 e. The predicted molar refractivity (Wildman–Crippen MR) is 68.2 cm³/mol. The number of aromatic nitrogens is 1. The molecule has 17 heavy (non-hydrogen) atoms. The number of aryl methyl sites for hydroxylation is 1. The van der Waals surface area contributed by atoms with E-state index in [1.807, 2.05) is 17.5 Å². The lowest BCUT2D eigenvalue weighted by Gasteiger charge is -1.95. The van der Waals surface area contributed by atoms with Crippen LogP contribution in [0, 0.1) is 6.57 Å². The van der Waals surface area contributed by atoms with Crippen molar-refractivity contribution >= 4 is 23.3 Å². The standard InChI is InChI=1S/C13H10N2OS/c1-14-11-6-4-10(5-7-11)13-15-12(9-17-13)3-2-8-16/h4-9H,2-3H2. The van der Waals surface area contributed by atoms with Crippen molar-refractivity contribution in [3.63, 3.8) is 0 Å². The average Bonchev–Trinajstić information content (AvgIpc) is 2.85. The molecule has 0 radical (unpaired) electrons. The third-order valence-corrected chi connectivity index (χ3v) is 3.25. The molecule has 2 aromatic rings. The fourth-order valence-electron chi connectivity index (χ4n) is 1.44. The van der Waals surface area contributed by atoms with Crippen molar-refractivity contribution in [3.8, 4) is 10.6 Å². The van der Waals surface area contributed by atoms with Crippen molar-refractivity contribution in [3.05, 3.63) is 46.8 Å². The first-order valence-corrected chi connectivity index (χ1v) is 6.07. The van der Waals surface area contributed by atoms with E-state index in [1.54, 1.807) is 23.5 Å². The van der Waals surface area contributed by atoms with Crippen LogP contribution in [-0.2, 0) is 11.2 Å². The highest BCUT2D eigenvalue weighted by Gasteiger charge is 2.04. The van der Waals surface area contributed by atoms with E-state index < -0.39 is 0 Å². The molecule has 2 rings (SSSR count). The molecule has 4 heteroatoms. The quantitative estimate of drug-likeness (QED) is 0.607. The maximum absolute atomic E-state index is 10.3. The van der Waals surface area contributed by atoms with E-state index in [4.69, 9.17) is 6.57 Å². The number of carbonyl (C=O) groups excluding carboxylic acids is 1. The van der Waals surface area contributed by atoms with E-state index >= 15 is 0 Å². The van der Waals surface area contributed by atoms with E-state index in [2.05, 4.69) is 9.83 Å². The van der Waals surface area contributed by atoms with E-state index in [1.165, 1.54) is 0 Å². The smallest absolute Gasteiger partial charge is 0.187 e. The van der Waals surface area contributed by atoms with Crippen LogP contribution in [0.3, 0.4) is 0 Å². The highest BCUT2D eigenvalue weighted by molar-refractivity contribution is 7.13. The molecule has 0 saturated heterocycles. The van der Waals surface area contributed by atoms with E-state index in [0.717, 1.165) is 22.6 Å². The van der Waals surface area contributed by atoms with E-state index in [-0.39, 0.29) is 0 Å². The van der Waals surface area contributed by atoms with Crippen molar-refractivity contribution in [2.45, 2.75) is 12.8 Å². The van der Waals surface area contributed by atoms with Crippen LogP contribution in [0.25, 0.3) is 15.4 Å². The summed E-state index contributed by atoms with van der Waals surface area (Å²) in [6, 6.07) is 7.37. The van der Waals surface area contributed by atoms with Crippen LogP contribution >= 0.6 is 11.3 Å². The molecule has 0 spiro atoms. The zero-order valence-electron chi connectivity index (χ0n) is 9.09. The first-order valence-electron chi connectivity index (χ1n) is 5.19. The first-order chi connectivity index (χ1) is 8.33. The van der Waals surface area contributed by atoms with Gasteiger partial charge in [-0.15, -0.1) is 11.3 Å². The first kappa shape index (κ1) is 11.5. The number of benzene rings is 1. The molecule has 0 unspecified atom stereocenters. The summed E-state index contributed by atoms with van der Waals surface area (Å²) in [4.78, 5) is 18.1. The topological polar surface area (TPSA) is 34.3 Å². The Labute approximate surface area is 104 Å². The van der Waals surface area contributed by atoms with Crippen LogP contribution in [0.5, 0.6) is 0 Å². The lowest BCUT2D eigenvalue weighted by atomic mass is 10.2. The molecule has 0 bridgehead atoms. The van der Waals surface area contributed by atoms with Crippen molar-refractivity contribution in [1.29, 1.82) is 0 Å². The van der Waals surface area contributed by atoms with Gasteiger partial charge in [-0.05, 0) is 6.42 Å². The van der Waals surface area contributed by atoms with Crippen molar-refractivity contribution in [1.82, 2.24) is 4.98 Å². The summed E-state index contributed by atoms with van der Waals surface area (Å²) in [6.45, 7) is 6.88. The summed E-state index contributed by atoms with van der Waals surface area (Å²) < 4.78 is 0. The second-order valence-electron chi connectivity index (χ2n) is 3.51. The monoisotopic (exact) mass is 242 g/mol. The molecule has 0 aliphatic rings. The van der Waals surface area contributed by atoms with Gasteiger partial charge in [-0.2, -0.15) is 0 Å². The summed E-state index contributed by atoms with van der Waals surface area (Å²) in [7, 11) is 0. The van der Waals surface area contributed by atoms with Crippen LogP contribution in [0.15, 0.2) is 29.6 Å². The molecule has 3 nitrogen and oxygen atoms in total. The Morgan fingerprint density at radius 3 is 2.76 bits per heavy atom. The molecule has 0 aliphatic carbocycles. The number of thiazole rings is 1. The number of hydrogen-bond donors (Lipinski definition) is 0. The summed E-state index contributed by atoms with van der Waals surface area (Å²) in [5.41, 5.74) is 2.59. The van der Waals surface area contributed by atoms with Crippen LogP contribution in [0.2, 0.25) is 0 Å². The lowest BCUT2D eigenvalue weighted by Crippen LogP contribution is -1.86. The van der Waals surface area contributed by atoms with Crippen molar-refractivity contribution < 1.29 is 4.79 Å². The van der Waals surface area contributed by atoms with Crippen LogP contribution < -0.4 is 0 Å². The molecule has 0 N–H and O–H groups in total. The third kappa shape index (κ3) is 2.77. The normalized spacial score (nSPS) is 9.82. The summed E-state index contributed by atoms with van der Waals surface area (Å²) in [6.07, 6.45) is 2.11. The number of aldehydes is 1. The fourth-order valence-corrected chi connectivity index (χ4v) is 2.30. The Kier molecular flexibility index (Phi) is 3.63. The van der Waals surface area contributed by atoms with E-state index in [9.17, 15) is 4.79 Å². The molecule has 0 saturated carbocycles. The number of nitrogens with zero attached hydrogens (tertiary/aromatic N) is 2. The Bertz CT molecular complexity index is 552. The predicted octanol–water partition coefficient (Wildman–Crippen LogP) is 3.49. The van der Waals surface area contributed by atoms with Gasteiger partial charge in [0, 0.05) is 17.4 Å². The van der Waals surface area contributed by atoms with Crippen LogP contribution in [0.1, 0.15) is 12.1 Å². The van der Waals surface area contributed by atoms with E-state index in [0.29, 0.717) is 18.5 Å². The molecular weight excluding hydrogens is 232 g/mol. The minimum atomic E-state index is 0.514. The highest BCUT2D eigenvalue weighted by atomic mass is 32.1. The number of hydrogen-bond acceptors (Lipinski definition) is 3. The fraction of sp³-hybridized carbons (Fsp3) is 0.154. The molecule has 1 aromatic carbocycles. The maximum atomic E-state index is 10.3. The molecule has 1 aromatic heterocycles. The van der Waals surface area contributed by atoms with Gasteiger partial charge in [0.2, 0.25) is 0 Å². The number of carbonyl (C=O) groups is 1. The number of rotatable bonds is 4. The van der Waals surface area contributed by atoms with Crippen LogP contribution in [-0.4, -0.2) is 11.3 Å². The largest absolute Gasteiger partial charge is 0.303 e. The lowest BCUT2D eigenvalue weighted by molar-refractivity contribution is -0.107. The van der Waals surface area contributed by atoms with Gasteiger partial charge in [0.15, 0.2) is 5.69 Å².